The molecule has 0 aromatic carbocycles. The Kier molecular flexibility index (Phi) is 2.85. The van der Waals surface area contributed by atoms with Crippen LogP contribution in [0.25, 0.3) is 6.08 Å². The third-order valence-corrected chi connectivity index (χ3v) is 2.96. The Bertz CT molecular complexity index is 464. The molecule has 0 spiro atoms. The molecule has 0 fully saturated rings. The third kappa shape index (κ3) is 2.28. The maximum absolute atomic E-state index is 12.4. The van der Waals surface area contributed by atoms with Gasteiger partial charge in [-0.3, -0.25) is 4.98 Å². The third-order valence-electron chi connectivity index (χ3n) is 2.96. The first-order valence-electron chi connectivity index (χ1n) is 5.41. The number of nitrogens with two attached hydrogens (primary N) is 1. The van der Waals surface area contributed by atoms with Crippen LogP contribution in [0.15, 0.2) is 6.58 Å². The van der Waals surface area contributed by atoms with Crippen molar-refractivity contribution in [2.75, 3.05) is 5.73 Å². The van der Waals surface area contributed by atoms with Gasteiger partial charge in [-0.25, -0.2) is 0 Å². The molecule has 1 aromatic heterocycles. The lowest BCUT2D eigenvalue weighted by Gasteiger charge is -2.14. The van der Waals surface area contributed by atoms with Crippen molar-refractivity contribution >= 4 is 11.8 Å². The van der Waals surface area contributed by atoms with Gasteiger partial charge >= 0.3 is 6.18 Å². The van der Waals surface area contributed by atoms with Gasteiger partial charge in [-0.15, -0.1) is 0 Å². The Hall–Kier alpha value is -1.52. The van der Waals surface area contributed by atoms with Crippen molar-refractivity contribution in [1.82, 2.24) is 4.98 Å². The van der Waals surface area contributed by atoms with E-state index in [4.69, 9.17) is 5.73 Å². The predicted octanol–water partition coefficient (Wildman–Crippen LogP) is 2.90. The van der Waals surface area contributed by atoms with Crippen LogP contribution >= 0.6 is 0 Å². The van der Waals surface area contributed by atoms with Crippen LogP contribution in [0, 0.1) is 0 Å². The fourth-order valence-corrected chi connectivity index (χ4v) is 2.23. The minimum absolute atomic E-state index is 0.00866. The van der Waals surface area contributed by atoms with Crippen LogP contribution in [-0.2, 0) is 19.3 Å². The summed E-state index contributed by atoms with van der Waals surface area (Å²) >= 11 is 0. The van der Waals surface area contributed by atoms with E-state index in [2.05, 4.69) is 11.6 Å². The van der Waals surface area contributed by atoms with Crippen LogP contribution in [0.2, 0.25) is 0 Å². The summed E-state index contributed by atoms with van der Waals surface area (Å²) in [7, 11) is 0. The van der Waals surface area contributed by atoms with Crippen molar-refractivity contribution in [3.8, 4) is 0 Å². The summed E-state index contributed by atoms with van der Waals surface area (Å²) in [6.45, 7) is 3.52. The molecule has 2 N–H and O–H groups in total. The zero-order valence-electron chi connectivity index (χ0n) is 9.27. The summed E-state index contributed by atoms with van der Waals surface area (Å²) in [5.41, 5.74) is 8.24. The quantitative estimate of drug-likeness (QED) is 0.866. The van der Waals surface area contributed by atoms with E-state index in [0.717, 1.165) is 18.4 Å². The molecule has 0 saturated carbocycles. The van der Waals surface area contributed by atoms with E-state index in [0.29, 0.717) is 23.4 Å². The zero-order valence-corrected chi connectivity index (χ0v) is 9.27. The maximum atomic E-state index is 12.4. The standard InChI is InChI=1S/C12H13F3N2/c1-2-7-10(6-12(13,14)15)17-9-5-3-4-8(9)11(7)16/h2H,1,3-6H2,(H2,16,17). The van der Waals surface area contributed by atoms with Crippen molar-refractivity contribution in [3.05, 3.63) is 29.1 Å². The first kappa shape index (κ1) is 12.0. The van der Waals surface area contributed by atoms with Gasteiger partial charge < -0.3 is 5.73 Å². The number of alkyl halides is 3. The van der Waals surface area contributed by atoms with E-state index in [1.54, 1.807) is 0 Å². The Morgan fingerprint density at radius 1 is 1.35 bits per heavy atom. The minimum Gasteiger partial charge on any atom is -0.398 e. The normalized spacial score (nSPS) is 14.8. The van der Waals surface area contributed by atoms with Crippen molar-refractivity contribution in [3.63, 3.8) is 0 Å². The van der Waals surface area contributed by atoms with Crippen molar-refractivity contribution in [1.29, 1.82) is 0 Å². The second kappa shape index (κ2) is 4.05. The van der Waals surface area contributed by atoms with E-state index in [-0.39, 0.29) is 5.69 Å². The topological polar surface area (TPSA) is 38.9 Å². The molecule has 17 heavy (non-hydrogen) atoms. The summed E-state index contributed by atoms with van der Waals surface area (Å²) in [6.07, 6.45) is -1.56. The number of hydrogen-bond acceptors (Lipinski definition) is 2. The van der Waals surface area contributed by atoms with E-state index < -0.39 is 12.6 Å². The van der Waals surface area contributed by atoms with E-state index in [1.807, 2.05) is 0 Å². The number of aryl methyl sites for hydroxylation is 1. The predicted molar refractivity (Wildman–Crippen MR) is 60.5 cm³/mol. The van der Waals surface area contributed by atoms with E-state index >= 15 is 0 Å². The average Bonchev–Trinajstić information content (AvgIpc) is 2.64. The van der Waals surface area contributed by atoms with Crippen LogP contribution < -0.4 is 5.73 Å². The van der Waals surface area contributed by atoms with E-state index in [9.17, 15) is 13.2 Å². The van der Waals surface area contributed by atoms with Gasteiger partial charge in [-0.05, 0) is 24.8 Å². The number of halogens is 3. The molecular formula is C12H13F3N2. The lowest BCUT2D eigenvalue weighted by molar-refractivity contribution is -0.127. The SMILES string of the molecule is C=Cc1c(CC(F)(F)F)nc2c(c1N)CCC2. The molecule has 1 aromatic rings. The molecule has 2 rings (SSSR count). The van der Waals surface area contributed by atoms with Crippen molar-refractivity contribution in [2.45, 2.75) is 31.9 Å². The fraction of sp³-hybridized carbons (Fsp3) is 0.417. The van der Waals surface area contributed by atoms with Crippen LogP contribution in [0.5, 0.6) is 0 Å². The summed E-state index contributed by atoms with van der Waals surface area (Å²) in [5, 5.41) is 0. The number of fused-ring (bicyclic) bond motifs is 1. The zero-order chi connectivity index (χ0) is 12.6. The van der Waals surface area contributed by atoms with E-state index in [1.165, 1.54) is 6.08 Å². The summed E-state index contributed by atoms with van der Waals surface area (Å²) in [6, 6.07) is 0. The largest absolute Gasteiger partial charge is 0.398 e. The maximum Gasteiger partial charge on any atom is 0.394 e. The molecule has 5 heteroatoms. The Morgan fingerprint density at radius 2 is 2.06 bits per heavy atom. The molecular weight excluding hydrogens is 229 g/mol. The second-order valence-corrected chi connectivity index (χ2v) is 4.16. The molecule has 1 aliphatic rings. The number of hydrogen-bond donors (Lipinski definition) is 1. The molecule has 92 valence electrons. The monoisotopic (exact) mass is 242 g/mol. The molecule has 1 heterocycles. The highest BCUT2D eigenvalue weighted by molar-refractivity contribution is 5.70. The van der Waals surface area contributed by atoms with Gasteiger partial charge in [0.05, 0.1) is 12.1 Å². The Morgan fingerprint density at radius 3 is 2.65 bits per heavy atom. The summed E-state index contributed by atoms with van der Waals surface area (Å²) in [4.78, 5) is 4.10. The van der Waals surface area contributed by atoms with Crippen LogP contribution in [0.1, 0.15) is 28.9 Å². The average molecular weight is 242 g/mol. The lowest BCUT2D eigenvalue weighted by atomic mass is 10.0. The van der Waals surface area contributed by atoms with Gasteiger partial charge in [0.25, 0.3) is 0 Å². The highest BCUT2D eigenvalue weighted by Crippen LogP contribution is 2.33. The van der Waals surface area contributed by atoms with Gasteiger partial charge in [0.2, 0.25) is 0 Å². The number of rotatable bonds is 2. The minimum atomic E-state index is -4.27. The number of nitrogens with zero attached hydrogens (tertiary/aromatic N) is 1. The smallest absolute Gasteiger partial charge is 0.394 e. The van der Waals surface area contributed by atoms with Crippen LogP contribution in [0.3, 0.4) is 0 Å². The molecule has 0 saturated heterocycles. The van der Waals surface area contributed by atoms with Gasteiger partial charge in [0.15, 0.2) is 0 Å². The molecule has 2 nitrogen and oxygen atoms in total. The van der Waals surface area contributed by atoms with Crippen LogP contribution in [0.4, 0.5) is 18.9 Å². The first-order chi connectivity index (χ1) is 7.92. The molecule has 0 atom stereocenters. The Labute approximate surface area is 97.3 Å². The fourth-order valence-electron chi connectivity index (χ4n) is 2.23. The van der Waals surface area contributed by atoms with Gasteiger partial charge in [0.1, 0.15) is 0 Å². The number of pyridine rings is 1. The van der Waals surface area contributed by atoms with Gasteiger partial charge in [0, 0.05) is 16.9 Å². The molecule has 0 bridgehead atoms. The van der Waals surface area contributed by atoms with Gasteiger partial charge in [-0.2, -0.15) is 13.2 Å². The Balaban J connectivity index is 2.52. The molecule has 0 aliphatic heterocycles. The van der Waals surface area contributed by atoms with Crippen molar-refractivity contribution < 1.29 is 13.2 Å². The van der Waals surface area contributed by atoms with Gasteiger partial charge in [-0.1, -0.05) is 12.7 Å². The van der Waals surface area contributed by atoms with Crippen LogP contribution in [-0.4, -0.2) is 11.2 Å². The second-order valence-electron chi connectivity index (χ2n) is 4.16. The first-order valence-corrected chi connectivity index (χ1v) is 5.41. The highest BCUT2D eigenvalue weighted by Gasteiger charge is 2.31. The lowest BCUT2D eigenvalue weighted by Crippen LogP contribution is -2.16. The number of aromatic nitrogens is 1. The summed E-state index contributed by atoms with van der Waals surface area (Å²) in [5.74, 6) is 0. The summed E-state index contributed by atoms with van der Waals surface area (Å²) < 4.78 is 37.3. The molecule has 0 unspecified atom stereocenters. The number of anilines is 1. The number of nitrogen functional groups attached to an aromatic ring is 1. The highest BCUT2D eigenvalue weighted by atomic mass is 19.4. The van der Waals surface area contributed by atoms with Crippen molar-refractivity contribution in [2.24, 2.45) is 0 Å². The molecule has 0 amide bonds. The molecule has 1 aliphatic carbocycles. The molecule has 0 radical (unpaired) electrons.